The minimum Gasteiger partial charge on any atom is -0.497 e. The van der Waals surface area contributed by atoms with Crippen LogP contribution < -0.4 is 10.1 Å². The normalized spacial score (nSPS) is 12.1. The molecule has 0 radical (unpaired) electrons. The lowest BCUT2D eigenvalue weighted by atomic mass is 9.85. The Labute approximate surface area is 119 Å². The highest BCUT2D eigenvalue weighted by Crippen LogP contribution is 2.40. The van der Waals surface area contributed by atoms with E-state index in [1.165, 1.54) is 20.5 Å². The first-order valence-electron chi connectivity index (χ1n) is 6.78. The van der Waals surface area contributed by atoms with Crippen molar-refractivity contribution < 1.29 is 4.74 Å². The second-order valence-corrected chi connectivity index (χ2v) is 6.93. The molecule has 0 bridgehead atoms. The van der Waals surface area contributed by atoms with E-state index < -0.39 is 0 Å². The van der Waals surface area contributed by atoms with Crippen molar-refractivity contribution in [3.8, 4) is 5.75 Å². The van der Waals surface area contributed by atoms with Crippen LogP contribution in [0.1, 0.15) is 38.1 Å². The second kappa shape index (κ2) is 5.51. The number of nitrogens with one attached hydrogen (secondary N) is 1. The molecule has 2 aromatic rings. The molecule has 0 aliphatic heterocycles. The summed E-state index contributed by atoms with van der Waals surface area (Å²) in [5, 5.41) is 4.78. The highest BCUT2D eigenvalue weighted by Gasteiger charge is 2.23. The SMILES string of the molecule is CCNCc1sc2ccc(OC)cc2c1C(C)(C)C. The highest BCUT2D eigenvalue weighted by atomic mass is 32.1. The summed E-state index contributed by atoms with van der Waals surface area (Å²) in [5.74, 6) is 0.936. The predicted octanol–water partition coefficient (Wildman–Crippen LogP) is 4.32. The third-order valence-corrected chi connectivity index (χ3v) is 4.42. The van der Waals surface area contributed by atoms with E-state index >= 15 is 0 Å². The number of thiophene rings is 1. The zero-order valence-corrected chi connectivity index (χ0v) is 13.3. The van der Waals surface area contributed by atoms with Gasteiger partial charge >= 0.3 is 0 Å². The van der Waals surface area contributed by atoms with E-state index in [2.05, 4.69) is 45.1 Å². The Hall–Kier alpha value is -1.06. The van der Waals surface area contributed by atoms with E-state index in [4.69, 9.17) is 4.74 Å². The summed E-state index contributed by atoms with van der Waals surface area (Å²) in [6, 6.07) is 6.38. The fourth-order valence-corrected chi connectivity index (χ4v) is 3.80. The van der Waals surface area contributed by atoms with Gasteiger partial charge in [-0.15, -0.1) is 11.3 Å². The molecule has 104 valence electrons. The number of hydrogen-bond acceptors (Lipinski definition) is 3. The topological polar surface area (TPSA) is 21.3 Å². The summed E-state index contributed by atoms with van der Waals surface area (Å²) < 4.78 is 6.72. The van der Waals surface area contributed by atoms with E-state index in [-0.39, 0.29) is 5.41 Å². The Balaban J connectivity index is 2.61. The molecule has 2 nitrogen and oxygen atoms in total. The van der Waals surface area contributed by atoms with Crippen LogP contribution in [0, 0.1) is 0 Å². The lowest BCUT2D eigenvalue weighted by Crippen LogP contribution is -2.17. The van der Waals surface area contributed by atoms with Gasteiger partial charge in [-0.25, -0.2) is 0 Å². The number of methoxy groups -OCH3 is 1. The van der Waals surface area contributed by atoms with E-state index in [0.29, 0.717) is 0 Å². The summed E-state index contributed by atoms with van der Waals surface area (Å²) >= 11 is 1.89. The Morgan fingerprint density at radius 3 is 2.58 bits per heavy atom. The first-order valence-corrected chi connectivity index (χ1v) is 7.59. The van der Waals surface area contributed by atoms with Crippen LogP contribution in [0.15, 0.2) is 18.2 Å². The van der Waals surface area contributed by atoms with E-state index in [9.17, 15) is 0 Å². The van der Waals surface area contributed by atoms with Crippen LogP contribution in [0.4, 0.5) is 0 Å². The Morgan fingerprint density at radius 2 is 2.00 bits per heavy atom. The second-order valence-electron chi connectivity index (χ2n) is 5.79. The molecule has 0 aliphatic carbocycles. The van der Waals surface area contributed by atoms with Crippen LogP contribution in [0.2, 0.25) is 0 Å². The van der Waals surface area contributed by atoms with Crippen molar-refractivity contribution in [3.63, 3.8) is 0 Å². The zero-order valence-electron chi connectivity index (χ0n) is 12.5. The van der Waals surface area contributed by atoms with E-state index in [1.807, 2.05) is 17.4 Å². The summed E-state index contributed by atoms with van der Waals surface area (Å²) in [7, 11) is 1.73. The Bertz CT molecular complexity index is 566. The van der Waals surface area contributed by atoms with Gasteiger partial charge in [0.25, 0.3) is 0 Å². The molecule has 0 unspecified atom stereocenters. The summed E-state index contributed by atoms with van der Waals surface area (Å²) in [4.78, 5) is 1.44. The Morgan fingerprint density at radius 1 is 1.26 bits per heavy atom. The smallest absolute Gasteiger partial charge is 0.119 e. The summed E-state index contributed by atoms with van der Waals surface area (Å²) in [6.07, 6.45) is 0. The maximum absolute atomic E-state index is 5.37. The van der Waals surface area contributed by atoms with Gasteiger partial charge in [0.1, 0.15) is 5.75 Å². The first-order chi connectivity index (χ1) is 8.97. The molecular formula is C16H23NOS. The summed E-state index contributed by atoms with van der Waals surface area (Å²) in [5.41, 5.74) is 1.60. The Kier molecular flexibility index (Phi) is 4.16. The quantitative estimate of drug-likeness (QED) is 0.898. The molecule has 2 rings (SSSR count). The van der Waals surface area contributed by atoms with Gasteiger partial charge in [0.2, 0.25) is 0 Å². The maximum atomic E-state index is 5.37. The monoisotopic (exact) mass is 277 g/mol. The lowest BCUT2D eigenvalue weighted by molar-refractivity contribution is 0.415. The molecule has 1 heterocycles. The van der Waals surface area contributed by atoms with Crippen molar-refractivity contribution in [1.29, 1.82) is 0 Å². The third kappa shape index (κ3) is 2.93. The average Bonchev–Trinajstić information content (AvgIpc) is 2.72. The van der Waals surface area contributed by atoms with Gasteiger partial charge in [-0.2, -0.15) is 0 Å². The zero-order chi connectivity index (χ0) is 14.0. The van der Waals surface area contributed by atoms with E-state index in [1.54, 1.807) is 7.11 Å². The van der Waals surface area contributed by atoms with Crippen LogP contribution in [0.3, 0.4) is 0 Å². The molecule has 1 aromatic heterocycles. The van der Waals surface area contributed by atoms with Crippen LogP contribution in [-0.4, -0.2) is 13.7 Å². The van der Waals surface area contributed by atoms with Crippen molar-refractivity contribution in [1.82, 2.24) is 5.32 Å². The van der Waals surface area contributed by atoms with Crippen LogP contribution in [0.25, 0.3) is 10.1 Å². The summed E-state index contributed by atoms with van der Waals surface area (Å²) in [6.45, 7) is 10.9. The molecule has 1 aromatic carbocycles. The largest absolute Gasteiger partial charge is 0.497 e. The number of benzene rings is 1. The van der Waals surface area contributed by atoms with Gasteiger partial charge < -0.3 is 10.1 Å². The molecule has 0 amide bonds. The minimum atomic E-state index is 0.148. The average molecular weight is 277 g/mol. The van der Waals surface area contributed by atoms with E-state index in [0.717, 1.165) is 18.8 Å². The van der Waals surface area contributed by atoms with Crippen LogP contribution in [-0.2, 0) is 12.0 Å². The van der Waals surface area contributed by atoms with Gasteiger partial charge in [-0.3, -0.25) is 0 Å². The van der Waals surface area contributed by atoms with Crippen molar-refractivity contribution in [2.75, 3.05) is 13.7 Å². The minimum absolute atomic E-state index is 0.148. The number of hydrogen-bond donors (Lipinski definition) is 1. The highest BCUT2D eigenvalue weighted by molar-refractivity contribution is 7.19. The number of rotatable bonds is 4. The fraction of sp³-hybridized carbons (Fsp3) is 0.500. The molecule has 19 heavy (non-hydrogen) atoms. The molecule has 0 saturated heterocycles. The van der Waals surface area contributed by atoms with Gasteiger partial charge in [0, 0.05) is 21.5 Å². The van der Waals surface area contributed by atoms with Crippen molar-refractivity contribution >= 4 is 21.4 Å². The fourth-order valence-electron chi connectivity index (χ4n) is 2.44. The molecule has 1 N–H and O–H groups in total. The van der Waals surface area contributed by atoms with Crippen molar-refractivity contribution in [3.05, 3.63) is 28.6 Å². The van der Waals surface area contributed by atoms with Gasteiger partial charge in [0.15, 0.2) is 0 Å². The maximum Gasteiger partial charge on any atom is 0.119 e. The van der Waals surface area contributed by atoms with Crippen LogP contribution >= 0.6 is 11.3 Å². The predicted molar refractivity (Wildman–Crippen MR) is 84.5 cm³/mol. The van der Waals surface area contributed by atoms with Gasteiger partial charge in [-0.05, 0) is 35.7 Å². The molecule has 0 saturated carbocycles. The molecule has 0 spiro atoms. The molecule has 0 atom stereocenters. The first kappa shape index (κ1) is 14.4. The molecular weight excluding hydrogens is 254 g/mol. The van der Waals surface area contributed by atoms with Crippen molar-refractivity contribution in [2.24, 2.45) is 0 Å². The number of fused-ring (bicyclic) bond motifs is 1. The van der Waals surface area contributed by atoms with Gasteiger partial charge in [0.05, 0.1) is 7.11 Å². The van der Waals surface area contributed by atoms with Crippen molar-refractivity contribution in [2.45, 2.75) is 39.7 Å². The lowest BCUT2D eigenvalue weighted by Gasteiger charge is -2.21. The standard InChI is InChI=1S/C16H23NOS/c1-6-17-10-14-15(16(2,3)4)12-9-11(18-5)7-8-13(12)19-14/h7-9,17H,6,10H2,1-5H3. The third-order valence-electron chi connectivity index (χ3n) is 3.25. The number of ether oxygens (including phenoxy) is 1. The molecule has 3 heteroatoms. The van der Waals surface area contributed by atoms with Crippen LogP contribution in [0.5, 0.6) is 5.75 Å². The molecule has 0 aliphatic rings. The van der Waals surface area contributed by atoms with Gasteiger partial charge in [-0.1, -0.05) is 27.7 Å². The molecule has 0 fully saturated rings.